The fourth-order valence-electron chi connectivity index (χ4n) is 1.86. The first kappa shape index (κ1) is 17.4. The summed E-state index contributed by atoms with van der Waals surface area (Å²) in [6.45, 7) is 1.81. The molecule has 4 nitrogen and oxygen atoms in total. The number of amides is 2. The number of ether oxygens (including phenoxy) is 1. The summed E-state index contributed by atoms with van der Waals surface area (Å²) in [5, 5.41) is 2.72. The number of nitrogens with zero attached hydrogens (tertiary/aromatic N) is 1. The predicted octanol–water partition coefficient (Wildman–Crippen LogP) is 2.49. The fraction of sp³-hybridized carbons (Fsp3) is 0.917. The molecule has 1 saturated heterocycles. The lowest BCUT2D eigenvalue weighted by molar-refractivity contribution is -0.173. The number of halogens is 3. The van der Waals surface area contributed by atoms with Crippen molar-refractivity contribution in [3.63, 3.8) is 0 Å². The zero-order chi connectivity index (χ0) is 15.0. The topological polar surface area (TPSA) is 41.6 Å². The van der Waals surface area contributed by atoms with Gasteiger partial charge in [0, 0.05) is 31.5 Å². The molecule has 0 aliphatic carbocycles. The summed E-state index contributed by atoms with van der Waals surface area (Å²) in [4.78, 5) is 13.7. The molecule has 118 valence electrons. The van der Waals surface area contributed by atoms with E-state index < -0.39 is 12.8 Å². The van der Waals surface area contributed by atoms with Gasteiger partial charge in [-0.1, -0.05) is 0 Å². The average Bonchev–Trinajstić information content (AvgIpc) is 2.56. The number of carbonyl (C=O) groups excluding carboxylic acids is 1. The van der Waals surface area contributed by atoms with Gasteiger partial charge in [0.1, 0.15) is 6.61 Å². The Morgan fingerprint density at radius 3 is 2.90 bits per heavy atom. The Labute approximate surface area is 121 Å². The summed E-state index contributed by atoms with van der Waals surface area (Å²) in [6, 6.07) is 0.0577. The first-order valence-electron chi connectivity index (χ1n) is 6.67. The van der Waals surface area contributed by atoms with Crippen molar-refractivity contribution in [3.8, 4) is 0 Å². The van der Waals surface area contributed by atoms with Crippen molar-refractivity contribution in [2.45, 2.75) is 32.0 Å². The lowest BCUT2D eigenvalue weighted by atomic mass is 10.2. The normalized spacial score (nSPS) is 20.6. The molecule has 1 rings (SSSR count). The molecule has 0 aromatic heterocycles. The van der Waals surface area contributed by atoms with Crippen LogP contribution in [0.25, 0.3) is 0 Å². The van der Waals surface area contributed by atoms with Gasteiger partial charge in [-0.05, 0) is 25.5 Å². The first-order chi connectivity index (χ1) is 9.40. The molecule has 1 aliphatic heterocycles. The van der Waals surface area contributed by atoms with Crippen LogP contribution in [0.15, 0.2) is 0 Å². The van der Waals surface area contributed by atoms with Crippen LogP contribution in [0, 0.1) is 0 Å². The van der Waals surface area contributed by atoms with Crippen LogP contribution < -0.4 is 5.32 Å². The minimum absolute atomic E-state index is 0.00873. The molecule has 1 unspecified atom stereocenters. The van der Waals surface area contributed by atoms with Gasteiger partial charge in [0.05, 0.1) is 0 Å². The molecule has 20 heavy (non-hydrogen) atoms. The molecule has 0 aromatic rings. The highest BCUT2D eigenvalue weighted by molar-refractivity contribution is 7.99. The van der Waals surface area contributed by atoms with Crippen LogP contribution in [0.5, 0.6) is 0 Å². The Hall–Kier alpha value is -0.630. The Morgan fingerprint density at radius 2 is 2.20 bits per heavy atom. The molecule has 1 atom stereocenters. The highest BCUT2D eigenvalue weighted by Gasteiger charge is 2.27. The molecule has 8 heteroatoms. The maximum absolute atomic E-state index is 11.9. The second-order valence-electron chi connectivity index (χ2n) is 4.70. The molecule has 0 bridgehead atoms. The van der Waals surface area contributed by atoms with E-state index in [9.17, 15) is 18.0 Å². The lowest BCUT2D eigenvalue weighted by Gasteiger charge is -2.27. The fourth-order valence-corrected chi connectivity index (χ4v) is 2.89. The van der Waals surface area contributed by atoms with Crippen LogP contribution in [-0.2, 0) is 4.74 Å². The summed E-state index contributed by atoms with van der Waals surface area (Å²) in [5.74, 6) is 1.97. The molecule has 1 fully saturated rings. The Balaban J connectivity index is 2.13. The van der Waals surface area contributed by atoms with E-state index in [-0.39, 0.29) is 18.7 Å². The van der Waals surface area contributed by atoms with Crippen LogP contribution in [0.4, 0.5) is 18.0 Å². The molecular weight excluding hydrogens is 293 g/mol. The average molecular weight is 314 g/mol. The number of nitrogens with one attached hydrogen (secondary N) is 1. The van der Waals surface area contributed by atoms with Crippen LogP contribution in [-0.4, -0.2) is 61.0 Å². The van der Waals surface area contributed by atoms with Crippen molar-refractivity contribution in [1.82, 2.24) is 10.2 Å². The van der Waals surface area contributed by atoms with Gasteiger partial charge in [0.25, 0.3) is 0 Å². The van der Waals surface area contributed by atoms with E-state index in [1.165, 1.54) is 0 Å². The largest absolute Gasteiger partial charge is 0.411 e. The van der Waals surface area contributed by atoms with E-state index in [2.05, 4.69) is 10.1 Å². The van der Waals surface area contributed by atoms with Crippen molar-refractivity contribution in [2.24, 2.45) is 0 Å². The van der Waals surface area contributed by atoms with Gasteiger partial charge in [-0.2, -0.15) is 24.9 Å². The molecule has 0 radical (unpaired) electrons. The summed E-state index contributed by atoms with van der Waals surface area (Å²) < 4.78 is 39.9. The van der Waals surface area contributed by atoms with E-state index in [1.807, 2.05) is 18.7 Å². The van der Waals surface area contributed by atoms with Gasteiger partial charge < -0.3 is 15.0 Å². The van der Waals surface area contributed by atoms with Crippen LogP contribution in [0.1, 0.15) is 19.8 Å². The summed E-state index contributed by atoms with van der Waals surface area (Å²) in [7, 11) is 0. The minimum atomic E-state index is -4.29. The first-order valence-corrected chi connectivity index (χ1v) is 7.82. The number of rotatable bonds is 5. The van der Waals surface area contributed by atoms with Crippen LogP contribution >= 0.6 is 11.8 Å². The number of alkyl halides is 3. The number of urea groups is 1. The molecule has 1 heterocycles. The highest BCUT2D eigenvalue weighted by atomic mass is 32.2. The zero-order valence-electron chi connectivity index (χ0n) is 11.5. The highest BCUT2D eigenvalue weighted by Crippen LogP contribution is 2.16. The van der Waals surface area contributed by atoms with E-state index in [4.69, 9.17) is 0 Å². The van der Waals surface area contributed by atoms with Crippen molar-refractivity contribution in [1.29, 1.82) is 0 Å². The third kappa shape index (κ3) is 7.23. The van der Waals surface area contributed by atoms with E-state index in [1.54, 1.807) is 4.90 Å². The number of hydrogen-bond acceptors (Lipinski definition) is 3. The Kier molecular flexibility index (Phi) is 7.50. The summed E-state index contributed by atoms with van der Waals surface area (Å²) in [6.07, 6.45) is -2.95. The monoisotopic (exact) mass is 314 g/mol. The van der Waals surface area contributed by atoms with Crippen molar-refractivity contribution in [3.05, 3.63) is 0 Å². The van der Waals surface area contributed by atoms with Gasteiger partial charge in [-0.25, -0.2) is 4.79 Å². The maximum Gasteiger partial charge on any atom is 0.411 e. The predicted molar refractivity (Wildman–Crippen MR) is 73.0 cm³/mol. The van der Waals surface area contributed by atoms with E-state index >= 15 is 0 Å². The van der Waals surface area contributed by atoms with Gasteiger partial charge >= 0.3 is 12.2 Å². The van der Waals surface area contributed by atoms with Crippen molar-refractivity contribution >= 4 is 17.8 Å². The second kappa shape index (κ2) is 8.61. The lowest BCUT2D eigenvalue weighted by Crippen LogP contribution is -2.45. The molecule has 0 spiro atoms. The molecule has 1 aliphatic rings. The van der Waals surface area contributed by atoms with E-state index in [0.717, 1.165) is 17.9 Å². The number of carbonyl (C=O) groups is 1. The van der Waals surface area contributed by atoms with Crippen LogP contribution in [0.2, 0.25) is 0 Å². The number of hydrogen-bond donors (Lipinski definition) is 1. The van der Waals surface area contributed by atoms with Gasteiger partial charge in [-0.15, -0.1) is 0 Å². The van der Waals surface area contributed by atoms with E-state index in [0.29, 0.717) is 19.5 Å². The molecule has 0 aromatic carbocycles. The third-order valence-corrected chi connectivity index (χ3v) is 3.95. The minimum Gasteiger partial charge on any atom is -0.372 e. The van der Waals surface area contributed by atoms with Crippen LogP contribution in [0.3, 0.4) is 0 Å². The van der Waals surface area contributed by atoms with Crippen molar-refractivity contribution in [2.75, 3.05) is 37.8 Å². The maximum atomic E-state index is 11.9. The molecular formula is C12H21F3N2O2S. The molecule has 0 saturated carbocycles. The molecule has 1 N–H and O–H groups in total. The standard InChI is InChI=1S/C12H21F3N2O2S/c1-10-3-7-20-8-5-17(10)11(18)16-4-2-6-19-9-12(13,14)15/h10H,2-9H2,1H3,(H,16,18). The smallest absolute Gasteiger partial charge is 0.372 e. The second-order valence-corrected chi connectivity index (χ2v) is 5.92. The quantitative estimate of drug-likeness (QED) is 0.793. The van der Waals surface area contributed by atoms with Crippen molar-refractivity contribution < 1.29 is 22.7 Å². The van der Waals surface area contributed by atoms with Gasteiger partial charge in [0.15, 0.2) is 0 Å². The SMILES string of the molecule is CC1CCSCCN1C(=O)NCCCOCC(F)(F)F. The molecule has 2 amide bonds. The zero-order valence-corrected chi connectivity index (χ0v) is 12.4. The Bertz CT molecular complexity index is 303. The third-order valence-electron chi connectivity index (χ3n) is 2.96. The Morgan fingerprint density at radius 1 is 1.45 bits per heavy atom. The summed E-state index contributed by atoms with van der Waals surface area (Å²) in [5.41, 5.74) is 0. The summed E-state index contributed by atoms with van der Waals surface area (Å²) >= 11 is 1.83. The van der Waals surface area contributed by atoms with Gasteiger partial charge in [-0.3, -0.25) is 0 Å². The number of thioether (sulfide) groups is 1. The van der Waals surface area contributed by atoms with Gasteiger partial charge in [0.2, 0.25) is 0 Å².